The molecule has 1 aromatic carbocycles. The lowest BCUT2D eigenvalue weighted by atomic mass is 10.0. The van der Waals surface area contributed by atoms with Crippen molar-refractivity contribution in [2.45, 2.75) is 39.2 Å². The monoisotopic (exact) mass is 270 g/mol. The molecule has 5 heteroatoms. The van der Waals surface area contributed by atoms with E-state index in [0.717, 1.165) is 31.0 Å². The summed E-state index contributed by atoms with van der Waals surface area (Å²) in [6, 6.07) is 3.08. The van der Waals surface area contributed by atoms with Crippen LogP contribution >= 0.6 is 0 Å². The number of carbonyl (C=O) groups excluding carboxylic acids is 1. The average Bonchev–Trinajstić information content (AvgIpc) is 2.33. The van der Waals surface area contributed by atoms with Gasteiger partial charge in [0.1, 0.15) is 11.6 Å². The summed E-state index contributed by atoms with van der Waals surface area (Å²) in [5.41, 5.74) is 5.50. The normalized spacial score (nSPS) is 13.9. The van der Waals surface area contributed by atoms with Crippen molar-refractivity contribution in [2.24, 2.45) is 11.7 Å². The Morgan fingerprint density at radius 3 is 2.63 bits per heavy atom. The van der Waals surface area contributed by atoms with Crippen molar-refractivity contribution >= 4 is 11.6 Å². The van der Waals surface area contributed by atoms with Gasteiger partial charge in [-0.2, -0.15) is 0 Å². The number of anilines is 1. The number of hydrogen-bond donors (Lipinski definition) is 2. The lowest BCUT2D eigenvalue weighted by Gasteiger charge is -2.13. The lowest BCUT2D eigenvalue weighted by molar-refractivity contribution is -0.119. The zero-order valence-electron chi connectivity index (χ0n) is 11.2. The van der Waals surface area contributed by atoms with Crippen LogP contribution in [0.4, 0.5) is 14.5 Å². The van der Waals surface area contributed by atoms with Crippen molar-refractivity contribution in [3.8, 4) is 0 Å². The van der Waals surface area contributed by atoms with Gasteiger partial charge in [0.05, 0.1) is 5.69 Å². The van der Waals surface area contributed by atoms with Gasteiger partial charge in [-0.05, 0) is 31.9 Å². The van der Waals surface area contributed by atoms with Gasteiger partial charge in [-0.3, -0.25) is 4.79 Å². The van der Waals surface area contributed by atoms with E-state index in [1.165, 1.54) is 0 Å². The molecular weight excluding hydrogens is 250 g/mol. The summed E-state index contributed by atoms with van der Waals surface area (Å²) in [5.74, 6) is -1.80. The first kappa shape index (κ1) is 15.6. The number of hydrogen-bond acceptors (Lipinski definition) is 2. The Morgan fingerprint density at radius 1 is 1.32 bits per heavy atom. The molecule has 0 aliphatic heterocycles. The minimum absolute atomic E-state index is 0.107. The van der Waals surface area contributed by atoms with Gasteiger partial charge in [-0.1, -0.05) is 13.3 Å². The Balaban J connectivity index is 2.51. The molecule has 0 saturated carbocycles. The fraction of sp³-hybridized carbons (Fsp3) is 0.500. The molecule has 0 spiro atoms. The molecule has 0 bridgehead atoms. The van der Waals surface area contributed by atoms with Crippen molar-refractivity contribution in [1.82, 2.24) is 0 Å². The van der Waals surface area contributed by atoms with E-state index < -0.39 is 11.6 Å². The number of carbonyl (C=O) groups is 1. The van der Waals surface area contributed by atoms with Crippen LogP contribution < -0.4 is 11.1 Å². The summed E-state index contributed by atoms with van der Waals surface area (Å²) in [6.45, 7) is 3.67. The maximum absolute atomic E-state index is 13.4. The minimum Gasteiger partial charge on any atom is -0.328 e. The van der Waals surface area contributed by atoms with Crippen LogP contribution in [0.2, 0.25) is 0 Å². The number of nitrogens with one attached hydrogen (secondary N) is 1. The molecule has 0 radical (unpaired) electrons. The Bertz CT molecular complexity index is 435. The lowest BCUT2D eigenvalue weighted by Crippen LogP contribution is -2.22. The van der Waals surface area contributed by atoms with Gasteiger partial charge in [-0.15, -0.1) is 0 Å². The third kappa shape index (κ3) is 5.34. The second-order valence-electron chi connectivity index (χ2n) is 4.92. The topological polar surface area (TPSA) is 55.1 Å². The van der Waals surface area contributed by atoms with Crippen LogP contribution in [0.15, 0.2) is 18.2 Å². The third-order valence-electron chi connectivity index (χ3n) is 2.93. The van der Waals surface area contributed by atoms with E-state index in [1.54, 1.807) is 6.92 Å². The highest BCUT2D eigenvalue weighted by Crippen LogP contribution is 2.17. The molecule has 0 aliphatic rings. The molecule has 2 atom stereocenters. The Labute approximate surface area is 112 Å². The maximum atomic E-state index is 13.4. The fourth-order valence-corrected chi connectivity index (χ4v) is 1.73. The molecule has 106 valence electrons. The minimum atomic E-state index is -0.641. The van der Waals surface area contributed by atoms with Crippen molar-refractivity contribution in [2.75, 3.05) is 5.32 Å². The van der Waals surface area contributed by atoms with Crippen LogP contribution in [0.3, 0.4) is 0 Å². The molecular formula is C14H20F2N2O. The molecule has 0 fully saturated rings. The molecule has 1 amide bonds. The molecule has 19 heavy (non-hydrogen) atoms. The van der Waals surface area contributed by atoms with Gasteiger partial charge in [0.15, 0.2) is 0 Å². The van der Waals surface area contributed by atoms with Gasteiger partial charge < -0.3 is 11.1 Å². The maximum Gasteiger partial charge on any atom is 0.227 e. The molecule has 1 rings (SSSR count). The van der Waals surface area contributed by atoms with Crippen molar-refractivity contribution in [3.05, 3.63) is 29.8 Å². The summed E-state index contributed by atoms with van der Waals surface area (Å²) in [5, 5.41) is 2.40. The first-order valence-electron chi connectivity index (χ1n) is 6.41. The predicted molar refractivity (Wildman–Crippen MR) is 71.7 cm³/mol. The molecule has 0 aromatic heterocycles. The standard InChI is InChI=1S/C14H20F2N2O/c1-9(4-3-5-10(2)17)14(19)18-13-8-11(15)6-7-12(13)16/h6-10H,3-5,17H2,1-2H3,(H,18,19). The Hall–Kier alpha value is -1.49. The Morgan fingerprint density at radius 2 is 2.00 bits per heavy atom. The van der Waals surface area contributed by atoms with Crippen molar-refractivity contribution in [3.63, 3.8) is 0 Å². The first-order chi connectivity index (χ1) is 8.90. The van der Waals surface area contributed by atoms with E-state index in [0.29, 0.717) is 6.42 Å². The second kappa shape index (κ2) is 7.19. The predicted octanol–water partition coefficient (Wildman–Crippen LogP) is 3.06. The molecule has 0 heterocycles. The van der Waals surface area contributed by atoms with E-state index >= 15 is 0 Å². The molecule has 1 aromatic rings. The van der Waals surface area contributed by atoms with Crippen LogP contribution in [0.5, 0.6) is 0 Å². The van der Waals surface area contributed by atoms with Crippen LogP contribution in [0.1, 0.15) is 33.1 Å². The van der Waals surface area contributed by atoms with E-state index in [1.807, 2.05) is 6.92 Å². The van der Waals surface area contributed by atoms with Crippen LogP contribution in [-0.2, 0) is 4.79 Å². The first-order valence-corrected chi connectivity index (χ1v) is 6.41. The van der Waals surface area contributed by atoms with Crippen LogP contribution in [-0.4, -0.2) is 11.9 Å². The van der Waals surface area contributed by atoms with E-state index in [4.69, 9.17) is 5.73 Å². The van der Waals surface area contributed by atoms with Crippen LogP contribution in [0.25, 0.3) is 0 Å². The summed E-state index contributed by atoms with van der Waals surface area (Å²) >= 11 is 0. The highest BCUT2D eigenvalue weighted by atomic mass is 19.1. The van der Waals surface area contributed by atoms with Gasteiger partial charge in [-0.25, -0.2) is 8.78 Å². The second-order valence-corrected chi connectivity index (χ2v) is 4.92. The molecule has 0 saturated heterocycles. The van der Waals surface area contributed by atoms with Gasteiger partial charge >= 0.3 is 0 Å². The fourth-order valence-electron chi connectivity index (χ4n) is 1.73. The van der Waals surface area contributed by atoms with Crippen molar-refractivity contribution < 1.29 is 13.6 Å². The highest BCUT2D eigenvalue weighted by Gasteiger charge is 2.15. The van der Waals surface area contributed by atoms with Crippen LogP contribution in [0, 0.1) is 17.6 Å². The SMILES string of the molecule is CC(N)CCCC(C)C(=O)Nc1cc(F)ccc1F. The number of rotatable bonds is 6. The largest absolute Gasteiger partial charge is 0.328 e. The number of halogens is 2. The quantitative estimate of drug-likeness (QED) is 0.834. The summed E-state index contributed by atoms with van der Waals surface area (Å²) in [7, 11) is 0. The van der Waals surface area contributed by atoms with E-state index in [9.17, 15) is 13.6 Å². The van der Waals surface area contributed by atoms with Crippen molar-refractivity contribution in [1.29, 1.82) is 0 Å². The molecule has 2 unspecified atom stereocenters. The van der Waals surface area contributed by atoms with E-state index in [-0.39, 0.29) is 23.6 Å². The highest BCUT2D eigenvalue weighted by molar-refractivity contribution is 5.92. The zero-order valence-corrected chi connectivity index (χ0v) is 11.2. The average molecular weight is 270 g/mol. The summed E-state index contributed by atoms with van der Waals surface area (Å²) in [4.78, 5) is 11.8. The molecule has 3 nitrogen and oxygen atoms in total. The number of benzene rings is 1. The van der Waals surface area contributed by atoms with Gasteiger partial charge in [0, 0.05) is 18.0 Å². The molecule has 0 aliphatic carbocycles. The van der Waals surface area contributed by atoms with E-state index in [2.05, 4.69) is 5.32 Å². The zero-order chi connectivity index (χ0) is 14.4. The smallest absolute Gasteiger partial charge is 0.227 e. The summed E-state index contributed by atoms with van der Waals surface area (Å²) in [6.07, 6.45) is 2.34. The number of amides is 1. The summed E-state index contributed by atoms with van der Waals surface area (Å²) < 4.78 is 26.3. The van der Waals surface area contributed by atoms with Gasteiger partial charge in [0.2, 0.25) is 5.91 Å². The third-order valence-corrected chi connectivity index (χ3v) is 2.93. The molecule has 3 N–H and O–H groups in total. The Kier molecular flexibility index (Phi) is 5.89. The van der Waals surface area contributed by atoms with Gasteiger partial charge in [0.25, 0.3) is 0 Å². The number of nitrogens with two attached hydrogens (primary N) is 1.